The molecule has 1 amide bonds. The fraction of sp³-hybridized carbons (Fsp3) is 0.417. The number of aromatic nitrogens is 1. The molecule has 0 bridgehead atoms. The van der Waals surface area contributed by atoms with Crippen molar-refractivity contribution < 1.29 is 4.79 Å². The lowest BCUT2D eigenvalue weighted by molar-refractivity contribution is -0.126. The van der Waals surface area contributed by atoms with Gasteiger partial charge in [0.2, 0.25) is 5.91 Å². The second kappa shape index (κ2) is 10.1. The number of hydrogen-bond acceptors (Lipinski definition) is 2. The monoisotopic (exact) mass is 362 g/mol. The van der Waals surface area contributed by atoms with Gasteiger partial charge in [0.25, 0.3) is 0 Å². The zero-order chi connectivity index (χ0) is 18.9. The van der Waals surface area contributed by atoms with Gasteiger partial charge in [0.1, 0.15) is 0 Å². The van der Waals surface area contributed by atoms with Gasteiger partial charge in [0.05, 0.1) is 5.69 Å². The molecule has 0 aliphatic carbocycles. The molecule has 0 spiro atoms. The molecule has 2 aromatic rings. The molecule has 1 aromatic carbocycles. The van der Waals surface area contributed by atoms with E-state index in [9.17, 15) is 4.79 Å². The summed E-state index contributed by atoms with van der Waals surface area (Å²) in [5, 5.41) is 0. The topological polar surface area (TPSA) is 33.2 Å². The van der Waals surface area contributed by atoms with Crippen LogP contribution in [0.4, 0.5) is 0 Å². The van der Waals surface area contributed by atoms with Crippen LogP contribution in [0.1, 0.15) is 56.6 Å². The van der Waals surface area contributed by atoms with E-state index in [1.54, 1.807) is 6.08 Å². The highest BCUT2D eigenvalue weighted by Crippen LogP contribution is 2.19. The van der Waals surface area contributed by atoms with E-state index in [1.165, 1.54) is 31.2 Å². The fourth-order valence-corrected chi connectivity index (χ4v) is 3.47. The van der Waals surface area contributed by atoms with Gasteiger partial charge in [-0.25, -0.2) is 0 Å². The molecule has 1 aromatic heterocycles. The molecule has 0 radical (unpaired) electrons. The van der Waals surface area contributed by atoms with Gasteiger partial charge in [-0.05, 0) is 55.4 Å². The lowest BCUT2D eigenvalue weighted by Gasteiger charge is -2.25. The molecule has 1 aliphatic heterocycles. The third-order valence-electron chi connectivity index (χ3n) is 5.19. The number of hydrogen-bond donors (Lipinski definition) is 0. The van der Waals surface area contributed by atoms with Crippen molar-refractivity contribution in [1.82, 2.24) is 9.88 Å². The molecule has 1 fully saturated rings. The number of aryl methyl sites for hydroxylation is 1. The molecular weight excluding hydrogens is 332 g/mol. The Balaban J connectivity index is 1.58. The Hall–Kier alpha value is -2.42. The summed E-state index contributed by atoms with van der Waals surface area (Å²) in [5.41, 5.74) is 4.45. The molecule has 0 unspecified atom stereocenters. The number of unbranched alkanes of at least 4 members (excludes halogenated alkanes) is 2. The van der Waals surface area contributed by atoms with Crippen LogP contribution in [0, 0.1) is 0 Å². The van der Waals surface area contributed by atoms with E-state index in [0.29, 0.717) is 0 Å². The zero-order valence-electron chi connectivity index (χ0n) is 16.4. The van der Waals surface area contributed by atoms with Crippen molar-refractivity contribution in [3.05, 3.63) is 59.8 Å². The predicted octanol–water partition coefficient (Wildman–Crippen LogP) is 5.51. The summed E-state index contributed by atoms with van der Waals surface area (Å²) in [7, 11) is 0. The van der Waals surface area contributed by atoms with E-state index in [0.717, 1.165) is 49.2 Å². The van der Waals surface area contributed by atoms with Gasteiger partial charge in [-0.2, -0.15) is 0 Å². The standard InChI is InChI=1S/C24H30N2O/c1-2-3-5-8-21-11-15-23(25-19-21)22-13-9-20(10-14-22)12-16-24(27)26-17-6-4-7-18-26/h9-16,19H,2-8,17-18H2,1H3/b16-12+. The summed E-state index contributed by atoms with van der Waals surface area (Å²) in [5.74, 6) is 0.124. The lowest BCUT2D eigenvalue weighted by Crippen LogP contribution is -2.34. The summed E-state index contributed by atoms with van der Waals surface area (Å²) in [6, 6.07) is 12.5. The van der Waals surface area contributed by atoms with Crippen LogP contribution in [0.3, 0.4) is 0 Å². The number of pyridine rings is 1. The van der Waals surface area contributed by atoms with Crippen LogP contribution in [-0.4, -0.2) is 28.9 Å². The van der Waals surface area contributed by atoms with Gasteiger partial charge in [-0.15, -0.1) is 0 Å². The zero-order valence-corrected chi connectivity index (χ0v) is 16.4. The van der Waals surface area contributed by atoms with Gasteiger partial charge < -0.3 is 4.90 Å². The van der Waals surface area contributed by atoms with E-state index >= 15 is 0 Å². The third kappa shape index (κ3) is 5.78. The molecule has 3 rings (SSSR count). The van der Waals surface area contributed by atoms with Crippen molar-refractivity contribution >= 4 is 12.0 Å². The van der Waals surface area contributed by atoms with Gasteiger partial charge in [-0.3, -0.25) is 9.78 Å². The number of carbonyl (C=O) groups is 1. The largest absolute Gasteiger partial charge is 0.339 e. The molecule has 2 heterocycles. The Morgan fingerprint density at radius 2 is 1.81 bits per heavy atom. The van der Waals surface area contributed by atoms with E-state index in [-0.39, 0.29) is 5.91 Å². The summed E-state index contributed by atoms with van der Waals surface area (Å²) < 4.78 is 0. The number of likely N-dealkylation sites (tertiary alicyclic amines) is 1. The molecular formula is C24H30N2O. The molecule has 1 saturated heterocycles. The van der Waals surface area contributed by atoms with Gasteiger partial charge >= 0.3 is 0 Å². The summed E-state index contributed by atoms with van der Waals surface area (Å²) in [6.45, 7) is 4.01. The first kappa shape index (κ1) is 19.3. The second-order valence-corrected chi connectivity index (χ2v) is 7.35. The normalized spacial score (nSPS) is 14.6. The van der Waals surface area contributed by atoms with E-state index < -0.39 is 0 Å². The second-order valence-electron chi connectivity index (χ2n) is 7.35. The number of benzene rings is 1. The predicted molar refractivity (Wildman–Crippen MR) is 112 cm³/mol. The Morgan fingerprint density at radius 3 is 2.48 bits per heavy atom. The number of amides is 1. The van der Waals surface area contributed by atoms with Crippen molar-refractivity contribution in [3.8, 4) is 11.3 Å². The smallest absolute Gasteiger partial charge is 0.246 e. The van der Waals surface area contributed by atoms with Crippen LogP contribution in [-0.2, 0) is 11.2 Å². The molecule has 3 nitrogen and oxygen atoms in total. The van der Waals surface area contributed by atoms with E-state index in [4.69, 9.17) is 0 Å². The quantitative estimate of drug-likeness (QED) is 0.481. The number of carbonyl (C=O) groups excluding carboxylic acids is 1. The summed E-state index contributed by atoms with van der Waals surface area (Å²) >= 11 is 0. The molecule has 0 N–H and O–H groups in total. The fourth-order valence-electron chi connectivity index (χ4n) is 3.47. The Labute approximate surface area is 163 Å². The number of piperidine rings is 1. The third-order valence-corrected chi connectivity index (χ3v) is 5.19. The highest BCUT2D eigenvalue weighted by molar-refractivity contribution is 5.91. The van der Waals surface area contributed by atoms with Crippen LogP contribution >= 0.6 is 0 Å². The maximum absolute atomic E-state index is 12.2. The first-order valence-electron chi connectivity index (χ1n) is 10.3. The average Bonchev–Trinajstić information content (AvgIpc) is 2.74. The van der Waals surface area contributed by atoms with Crippen molar-refractivity contribution in [3.63, 3.8) is 0 Å². The summed E-state index contributed by atoms with van der Waals surface area (Å²) in [4.78, 5) is 18.8. The Bertz CT molecular complexity index is 741. The minimum atomic E-state index is 0.124. The number of rotatable bonds is 7. The first-order chi connectivity index (χ1) is 13.3. The molecule has 0 atom stereocenters. The molecule has 27 heavy (non-hydrogen) atoms. The van der Waals surface area contributed by atoms with Gasteiger partial charge in [0.15, 0.2) is 0 Å². The lowest BCUT2D eigenvalue weighted by atomic mass is 10.1. The molecule has 0 saturated carbocycles. The van der Waals surface area contributed by atoms with Crippen molar-refractivity contribution in [2.24, 2.45) is 0 Å². The SMILES string of the molecule is CCCCCc1ccc(-c2ccc(/C=C/C(=O)N3CCCCC3)cc2)nc1. The molecule has 142 valence electrons. The highest BCUT2D eigenvalue weighted by Gasteiger charge is 2.13. The number of nitrogens with zero attached hydrogens (tertiary/aromatic N) is 2. The Kier molecular flexibility index (Phi) is 7.20. The van der Waals surface area contributed by atoms with Gasteiger partial charge in [0, 0.05) is 30.9 Å². The van der Waals surface area contributed by atoms with Crippen LogP contribution in [0.15, 0.2) is 48.7 Å². The van der Waals surface area contributed by atoms with E-state index in [2.05, 4.69) is 36.2 Å². The minimum Gasteiger partial charge on any atom is -0.339 e. The maximum Gasteiger partial charge on any atom is 0.246 e. The summed E-state index contributed by atoms with van der Waals surface area (Å²) in [6.07, 6.45) is 13.9. The van der Waals surface area contributed by atoms with Crippen LogP contribution in [0.25, 0.3) is 17.3 Å². The minimum absolute atomic E-state index is 0.124. The van der Waals surface area contributed by atoms with Crippen molar-refractivity contribution in [1.29, 1.82) is 0 Å². The van der Waals surface area contributed by atoms with Crippen LogP contribution in [0.5, 0.6) is 0 Å². The van der Waals surface area contributed by atoms with Crippen LogP contribution < -0.4 is 0 Å². The first-order valence-corrected chi connectivity index (χ1v) is 10.3. The van der Waals surface area contributed by atoms with Crippen LogP contribution in [0.2, 0.25) is 0 Å². The van der Waals surface area contributed by atoms with Gasteiger partial charge in [-0.1, -0.05) is 50.1 Å². The maximum atomic E-state index is 12.2. The Morgan fingerprint density at radius 1 is 1.04 bits per heavy atom. The van der Waals surface area contributed by atoms with Crippen molar-refractivity contribution in [2.45, 2.75) is 51.9 Å². The van der Waals surface area contributed by atoms with E-state index in [1.807, 2.05) is 29.3 Å². The highest BCUT2D eigenvalue weighted by atomic mass is 16.2. The molecule has 1 aliphatic rings. The van der Waals surface area contributed by atoms with Crippen molar-refractivity contribution in [2.75, 3.05) is 13.1 Å². The average molecular weight is 363 g/mol. The molecule has 3 heteroatoms.